The predicted molar refractivity (Wildman–Crippen MR) is 141 cm³/mol. The quantitative estimate of drug-likeness (QED) is 0.403. The molecule has 1 saturated heterocycles. The van der Waals surface area contributed by atoms with Crippen LogP contribution in [0.25, 0.3) is 11.3 Å². The van der Waals surface area contributed by atoms with Crippen LogP contribution < -0.4 is 15.0 Å². The van der Waals surface area contributed by atoms with Crippen molar-refractivity contribution in [2.45, 2.75) is 32.7 Å². The molecular formula is C27H34N6O5. The second-order valence-electron chi connectivity index (χ2n) is 9.90. The number of nitrogens with zero attached hydrogens (tertiary/aromatic N) is 5. The first kappa shape index (κ1) is 25.8. The third-order valence-corrected chi connectivity index (χ3v) is 7.01. The Morgan fingerprint density at radius 3 is 2.87 bits per heavy atom. The SMILES string of the molecule is CCOC(=O)C(c1cc(OCCN2CCN3c4cc(-c5ccccc5O)nnc4NC[C@H]3C2)no1)C(C)C. The monoisotopic (exact) mass is 522 g/mol. The van der Waals surface area contributed by atoms with Crippen LogP contribution in [0.2, 0.25) is 0 Å². The first-order chi connectivity index (χ1) is 18.4. The highest BCUT2D eigenvalue weighted by Gasteiger charge is 2.33. The van der Waals surface area contributed by atoms with E-state index in [1.54, 1.807) is 25.1 Å². The Hall–Kier alpha value is -3.86. The Labute approximate surface area is 221 Å². The van der Waals surface area contributed by atoms with Crippen LogP contribution in [0.4, 0.5) is 11.5 Å². The number of phenolic OH excluding ortho intramolecular Hbond substituents is 1. The lowest BCUT2D eigenvalue weighted by atomic mass is 9.93. The van der Waals surface area contributed by atoms with Crippen molar-refractivity contribution < 1.29 is 23.9 Å². The van der Waals surface area contributed by atoms with Crippen molar-refractivity contribution in [3.8, 4) is 22.9 Å². The standard InChI is InChI=1S/C27H34N6O5/c1-4-36-27(35)25(17(2)3)23-14-24(31-38-23)37-12-11-32-9-10-33-18(16-32)15-28-26-21(33)13-20(29-30-26)19-7-5-6-8-22(19)34/h5-8,13-14,17-18,25,34H,4,9-12,15-16H2,1-3H3,(H,28,30)/t18-,25?/m0/s1. The highest BCUT2D eigenvalue weighted by atomic mass is 16.5. The molecule has 0 bridgehead atoms. The largest absolute Gasteiger partial charge is 0.507 e. The van der Waals surface area contributed by atoms with E-state index in [4.69, 9.17) is 14.0 Å². The van der Waals surface area contributed by atoms with Gasteiger partial charge < -0.3 is 29.3 Å². The van der Waals surface area contributed by atoms with Crippen molar-refractivity contribution in [1.29, 1.82) is 0 Å². The van der Waals surface area contributed by atoms with Crippen LogP contribution in [-0.4, -0.2) is 83.3 Å². The van der Waals surface area contributed by atoms with Crippen molar-refractivity contribution >= 4 is 17.5 Å². The summed E-state index contributed by atoms with van der Waals surface area (Å²) in [6.45, 7) is 10.5. The van der Waals surface area contributed by atoms with Gasteiger partial charge in [0.2, 0.25) is 0 Å². The molecule has 3 aromatic rings. The number of phenols is 1. The van der Waals surface area contributed by atoms with Gasteiger partial charge in [-0.1, -0.05) is 26.0 Å². The lowest BCUT2D eigenvalue weighted by Gasteiger charge is -2.45. The predicted octanol–water partition coefficient (Wildman–Crippen LogP) is 3.14. The number of ether oxygens (including phenoxy) is 2. The zero-order valence-corrected chi connectivity index (χ0v) is 22.0. The van der Waals surface area contributed by atoms with E-state index < -0.39 is 5.92 Å². The molecule has 2 aliphatic rings. The van der Waals surface area contributed by atoms with Crippen LogP contribution >= 0.6 is 0 Å². The van der Waals surface area contributed by atoms with E-state index in [2.05, 4.69) is 30.5 Å². The summed E-state index contributed by atoms with van der Waals surface area (Å²) >= 11 is 0. The normalized spacial score (nSPS) is 17.9. The van der Waals surface area contributed by atoms with Crippen molar-refractivity contribution in [3.05, 3.63) is 42.2 Å². The molecule has 202 valence electrons. The maximum Gasteiger partial charge on any atom is 0.317 e. The number of aromatic nitrogens is 3. The van der Waals surface area contributed by atoms with E-state index in [0.29, 0.717) is 36.1 Å². The number of esters is 1. The number of aromatic hydroxyl groups is 1. The van der Waals surface area contributed by atoms with Crippen molar-refractivity contribution in [3.63, 3.8) is 0 Å². The highest BCUT2D eigenvalue weighted by Crippen LogP contribution is 2.36. The third-order valence-electron chi connectivity index (χ3n) is 7.01. The van der Waals surface area contributed by atoms with Crippen LogP contribution in [0.1, 0.15) is 32.4 Å². The van der Waals surface area contributed by atoms with E-state index >= 15 is 0 Å². The minimum atomic E-state index is -0.509. The van der Waals surface area contributed by atoms with Gasteiger partial charge >= 0.3 is 5.97 Å². The van der Waals surface area contributed by atoms with Gasteiger partial charge in [0, 0.05) is 44.4 Å². The molecule has 1 fully saturated rings. The molecule has 1 aromatic carbocycles. The summed E-state index contributed by atoms with van der Waals surface area (Å²) in [4.78, 5) is 17.1. The Kier molecular flexibility index (Phi) is 7.64. The van der Waals surface area contributed by atoms with Crippen LogP contribution in [0.3, 0.4) is 0 Å². The van der Waals surface area contributed by atoms with Crippen LogP contribution in [0, 0.1) is 5.92 Å². The Balaban J connectivity index is 1.17. The van der Waals surface area contributed by atoms with Gasteiger partial charge in [-0.05, 0) is 36.2 Å². The Morgan fingerprint density at radius 1 is 1.24 bits per heavy atom. The van der Waals surface area contributed by atoms with E-state index in [9.17, 15) is 9.90 Å². The third kappa shape index (κ3) is 5.38. The molecule has 11 nitrogen and oxygen atoms in total. The van der Waals surface area contributed by atoms with Gasteiger partial charge in [0.1, 0.15) is 18.3 Å². The van der Waals surface area contributed by atoms with Crippen LogP contribution in [-0.2, 0) is 9.53 Å². The number of piperazine rings is 1. The van der Waals surface area contributed by atoms with Gasteiger partial charge in [0.05, 0.1) is 24.0 Å². The van der Waals surface area contributed by atoms with Crippen molar-refractivity contribution in [1.82, 2.24) is 20.3 Å². The molecule has 2 atom stereocenters. The summed E-state index contributed by atoms with van der Waals surface area (Å²) in [5.41, 5.74) is 2.32. The molecule has 38 heavy (non-hydrogen) atoms. The zero-order valence-electron chi connectivity index (χ0n) is 22.0. The first-order valence-electron chi connectivity index (χ1n) is 13.1. The lowest BCUT2D eigenvalue weighted by Crippen LogP contribution is -2.58. The van der Waals surface area contributed by atoms with E-state index in [1.165, 1.54) is 0 Å². The number of nitrogens with one attached hydrogen (secondary N) is 1. The minimum Gasteiger partial charge on any atom is -0.507 e. The molecule has 0 radical (unpaired) electrons. The van der Waals surface area contributed by atoms with E-state index in [1.807, 2.05) is 32.0 Å². The number of para-hydroxylation sites is 1. The molecule has 5 rings (SSSR count). The molecule has 4 heterocycles. The van der Waals surface area contributed by atoms with Crippen molar-refractivity contribution in [2.75, 3.05) is 56.2 Å². The number of hydrogen-bond donors (Lipinski definition) is 2. The number of hydrogen-bond acceptors (Lipinski definition) is 11. The first-order valence-corrected chi connectivity index (χ1v) is 13.1. The molecule has 2 N–H and O–H groups in total. The number of fused-ring (bicyclic) bond motifs is 3. The highest BCUT2D eigenvalue weighted by molar-refractivity contribution is 5.78. The molecule has 1 unspecified atom stereocenters. The molecule has 0 spiro atoms. The average Bonchev–Trinajstić information content (AvgIpc) is 3.36. The maximum atomic E-state index is 12.3. The fourth-order valence-corrected chi connectivity index (χ4v) is 5.09. The van der Waals surface area contributed by atoms with Gasteiger partial charge in [0.15, 0.2) is 11.6 Å². The van der Waals surface area contributed by atoms with Crippen LogP contribution in [0.15, 0.2) is 40.9 Å². The number of rotatable bonds is 9. The fourth-order valence-electron chi connectivity index (χ4n) is 5.09. The van der Waals surface area contributed by atoms with Crippen LogP contribution in [0.5, 0.6) is 11.6 Å². The van der Waals surface area contributed by atoms with Gasteiger partial charge in [-0.2, -0.15) is 0 Å². The maximum absolute atomic E-state index is 12.3. The summed E-state index contributed by atoms with van der Waals surface area (Å²) in [6, 6.07) is 11.1. The molecule has 2 aliphatic heterocycles. The zero-order chi connectivity index (χ0) is 26.6. The Bertz CT molecular complexity index is 1260. The number of carbonyl (C=O) groups is 1. The molecule has 0 amide bonds. The van der Waals surface area contributed by atoms with Gasteiger partial charge in [-0.25, -0.2) is 0 Å². The van der Waals surface area contributed by atoms with Crippen molar-refractivity contribution in [2.24, 2.45) is 5.92 Å². The van der Waals surface area contributed by atoms with Gasteiger partial charge in [-0.3, -0.25) is 9.69 Å². The molecule has 0 aliphatic carbocycles. The molecule has 11 heteroatoms. The second kappa shape index (κ2) is 11.3. The van der Waals surface area contributed by atoms with Gasteiger partial charge in [-0.15, -0.1) is 10.2 Å². The van der Waals surface area contributed by atoms with Gasteiger partial charge in [0.25, 0.3) is 5.88 Å². The number of carbonyl (C=O) groups excluding carboxylic acids is 1. The summed E-state index contributed by atoms with van der Waals surface area (Å²) in [6.07, 6.45) is 0. The Morgan fingerprint density at radius 2 is 2.08 bits per heavy atom. The number of anilines is 2. The van der Waals surface area contributed by atoms with E-state index in [-0.39, 0.29) is 23.7 Å². The minimum absolute atomic E-state index is 0.0147. The second-order valence-corrected chi connectivity index (χ2v) is 9.90. The summed E-state index contributed by atoms with van der Waals surface area (Å²) in [5, 5.41) is 26.4. The van der Waals surface area contributed by atoms with E-state index in [0.717, 1.165) is 44.2 Å². The number of benzene rings is 1. The topological polar surface area (TPSA) is 126 Å². The lowest BCUT2D eigenvalue weighted by molar-refractivity contribution is -0.146. The summed E-state index contributed by atoms with van der Waals surface area (Å²) < 4.78 is 16.5. The molecule has 2 aromatic heterocycles. The average molecular weight is 523 g/mol. The smallest absolute Gasteiger partial charge is 0.317 e. The molecule has 0 saturated carbocycles. The summed E-state index contributed by atoms with van der Waals surface area (Å²) in [5.74, 6) is 0.974. The summed E-state index contributed by atoms with van der Waals surface area (Å²) in [7, 11) is 0. The molecular weight excluding hydrogens is 488 g/mol. The fraction of sp³-hybridized carbons (Fsp3) is 0.481.